The molecule has 128 valence electrons. The van der Waals surface area contributed by atoms with Gasteiger partial charge in [0.15, 0.2) is 17.5 Å². The Bertz CT molecular complexity index is 552. The van der Waals surface area contributed by atoms with E-state index in [0.717, 1.165) is 30.2 Å². The minimum atomic E-state index is 0.190. The van der Waals surface area contributed by atoms with Crippen molar-refractivity contribution in [2.24, 2.45) is 4.99 Å². The van der Waals surface area contributed by atoms with Crippen molar-refractivity contribution in [3.63, 3.8) is 0 Å². The highest BCUT2D eigenvalue weighted by atomic mass is 35.5. The highest BCUT2D eigenvalue weighted by molar-refractivity contribution is 6.32. The Morgan fingerprint density at radius 3 is 2.91 bits per heavy atom. The summed E-state index contributed by atoms with van der Waals surface area (Å²) in [7, 11) is 3.43. The third-order valence-electron chi connectivity index (χ3n) is 3.39. The van der Waals surface area contributed by atoms with E-state index in [-0.39, 0.29) is 6.04 Å². The molecule has 7 heteroatoms. The third kappa shape index (κ3) is 5.18. The number of halogens is 1. The van der Waals surface area contributed by atoms with Gasteiger partial charge in [0.2, 0.25) is 0 Å². The number of hydrogen-bond acceptors (Lipinski definition) is 4. The van der Waals surface area contributed by atoms with Gasteiger partial charge in [-0.3, -0.25) is 4.99 Å². The van der Waals surface area contributed by atoms with Crippen LogP contribution in [0, 0.1) is 0 Å². The van der Waals surface area contributed by atoms with Crippen molar-refractivity contribution in [2.75, 3.05) is 40.5 Å². The van der Waals surface area contributed by atoms with E-state index in [2.05, 4.69) is 15.6 Å². The second-order valence-corrected chi connectivity index (χ2v) is 5.76. The summed E-state index contributed by atoms with van der Waals surface area (Å²) in [6.07, 6.45) is 0.801. The molecule has 0 bridgehead atoms. The molecule has 1 aliphatic rings. The van der Waals surface area contributed by atoms with Crippen molar-refractivity contribution in [2.45, 2.75) is 19.4 Å². The van der Waals surface area contributed by atoms with Crippen LogP contribution in [0.25, 0.3) is 0 Å². The van der Waals surface area contributed by atoms with Crippen molar-refractivity contribution >= 4 is 17.6 Å². The monoisotopic (exact) mass is 341 g/mol. The van der Waals surface area contributed by atoms with Crippen molar-refractivity contribution in [3.8, 4) is 11.5 Å². The molecule has 0 saturated heterocycles. The Morgan fingerprint density at radius 2 is 2.17 bits per heavy atom. The van der Waals surface area contributed by atoms with Crippen LogP contribution in [-0.2, 0) is 11.2 Å². The second kappa shape index (κ2) is 8.84. The summed E-state index contributed by atoms with van der Waals surface area (Å²) in [6.45, 7) is 4.49. The number of aliphatic imine (C=N–C) groups is 1. The van der Waals surface area contributed by atoms with Crippen LogP contribution in [0.15, 0.2) is 17.1 Å². The number of nitrogens with zero attached hydrogens (tertiary/aromatic N) is 1. The Kier molecular flexibility index (Phi) is 6.80. The Labute approximate surface area is 142 Å². The van der Waals surface area contributed by atoms with E-state index in [4.69, 9.17) is 25.8 Å². The predicted molar refractivity (Wildman–Crippen MR) is 92.0 cm³/mol. The van der Waals surface area contributed by atoms with Gasteiger partial charge in [-0.15, -0.1) is 0 Å². The predicted octanol–water partition coefficient (Wildman–Crippen LogP) is 1.85. The SMILES string of the molecule is CN=C(NCCc1cc(Cl)c2c(c1)OCCO2)NC(C)COC. The molecule has 6 nitrogen and oxygen atoms in total. The number of ether oxygens (including phenoxy) is 3. The molecule has 1 heterocycles. The first-order valence-corrected chi connectivity index (χ1v) is 8.06. The molecule has 0 saturated carbocycles. The molecule has 0 fully saturated rings. The van der Waals surface area contributed by atoms with Crippen molar-refractivity contribution in [1.82, 2.24) is 10.6 Å². The first kappa shape index (κ1) is 17.7. The molecule has 23 heavy (non-hydrogen) atoms. The van der Waals surface area contributed by atoms with Crippen molar-refractivity contribution < 1.29 is 14.2 Å². The van der Waals surface area contributed by atoms with Gasteiger partial charge in [0, 0.05) is 26.7 Å². The summed E-state index contributed by atoms with van der Waals surface area (Å²) in [5.41, 5.74) is 1.09. The molecule has 0 spiro atoms. The lowest BCUT2D eigenvalue weighted by Crippen LogP contribution is -2.44. The molecule has 0 radical (unpaired) electrons. The van der Waals surface area contributed by atoms with E-state index < -0.39 is 0 Å². The molecule has 1 atom stereocenters. The minimum Gasteiger partial charge on any atom is -0.486 e. The largest absolute Gasteiger partial charge is 0.486 e. The fraction of sp³-hybridized carbons (Fsp3) is 0.562. The molecule has 1 aromatic carbocycles. The van der Waals surface area contributed by atoms with E-state index in [9.17, 15) is 0 Å². The van der Waals surface area contributed by atoms with Crippen LogP contribution in [0.4, 0.5) is 0 Å². The van der Waals surface area contributed by atoms with E-state index in [1.54, 1.807) is 14.2 Å². The molecule has 0 aromatic heterocycles. The Hall–Kier alpha value is -1.66. The Balaban J connectivity index is 1.87. The average molecular weight is 342 g/mol. The molecule has 1 aromatic rings. The van der Waals surface area contributed by atoms with Crippen LogP contribution >= 0.6 is 11.6 Å². The van der Waals surface area contributed by atoms with Crippen LogP contribution in [0.2, 0.25) is 5.02 Å². The zero-order chi connectivity index (χ0) is 16.7. The Morgan fingerprint density at radius 1 is 1.39 bits per heavy atom. The quantitative estimate of drug-likeness (QED) is 0.610. The normalized spacial score (nSPS) is 15.2. The molecule has 1 aliphatic heterocycles. The zero-order valence-electron chi connectivity index (χ0n) is 13.8. The number of rotatable bonds is 6. The maximum Gasteiger partial charge on any atom is 0.191 e. The molecular weight excluding hydrogens is 318 g/mol. The van der Waals surface area contributed by atoms with E-state index in [0.29, 0.717) is 30.6 Å². The summed E-state index contributed by atoms with van der Waals surface area (Å²) < 4.78 is 16.2. The maximum atomic E-state index is 6.24. The van der Waals surface area contributed by atoms with Gasteiger partial charge in [0.25, 0.3) is 0 Å². The van der Waals surface area contributed by atoms with E-state index >= 15 is 0 Å². The molecule has 2 N–H and O–H groups in total. The van der Waals surface area contributed by atoms with Crippen LogP contribution in [0.3, 0.4) is 0 Å². The number of hydrogen-bond donors (Lipinski definition) is 2. The number of guanidine groups is 1. The fourth-order valence-corrected chi connectivity index (χ4v) is 2.64. The third-order valence-corrected chi connectivity index (χ3v) is 3.67. The summed E-state index contributed by atoms with van der Waals surface area (Å²) in [6, 6.07) is 4.08. The van der Waals surface area contributed by atoms with Gasteiger partial charge in [-0.2, -0.15) is 0 Å². The number of nitrogens with one attached hydrogen (secondary N) is 2. The lowest BCUT2D eigenvalue weighted by atomic mass is 10.1. The average Bonchev–Trinajstić information content (AvgIpc) is 2.54. The topological polar surface area (TPSA) is 64.1 Å². The van der Waals surface area contributed by atoms with Gasteiger partial charge >= 0.3 is 0 Å². The van der Waals surface area contributed by atoms with E-state index in [1.165, 1.54) is 0 Å². The zero-order valence-corrected chi connectivity index (χ0v) is 14.6. The fourth-order valence-electron chi connectivity index (χ4n) is 2.35. The molecule has 0 aliphatic carbocycles. The minimum absolute atomic E-state index is 0.190. The van der Waals surface area contributed by atoms with Gasteiger partial charge in [0.05, 0.1) is 11.6 Å². The highest BCUT2D eigenvalue weighted by Crippen LogP contribution is 2.38. The molecule has 1 unspecified atom stereocenters. The first-order chi connectivity index (χ1) is 11.1. The summed E-state index contributed by atoms with van der Waals surface area (Å²) >= 11 is 6.24. The summed E-state index contributed by atoms with van der Waals surface area (Å²) in [5, 5.41) is 7.12. The standard InChI is InChI=1S/C16H24ClN3O3/c1-11(10-21-3)20-16(18-2)19-5-4-12-8-13(17)15-14(9-12)22-6-7-23-15/h8-9,11H,4-7,10H2,1-3H3,(H2,18,19,20). The number of benzene rings is 1. The highest BCUT2D eigenvalue weighted by Gasteiger charge is 2.16. The second-order valence-electron chi connectivity index (χ2n) is 5.35. The first-order valence-electron chi connectivity index (χ1n) is 7.68. The van der Waals surface area contributed by atoms with Crippen LogP contribution in [0.1, 0.15) is 12.5 Å². The summed E-state index contributed by atoms with van der Waals surface area (Å²) in [5.74, 6) is 2.11. The van der Waals surface area contributed by atoms with Gasteiger partial charge in [-0.05, 0) is 31.0 Å². The maximum absolute atomic E-state index is 6.24. The number of fused-ring (bicyclic) bond motifs is 1. The van der Waals surface area contributed by atoms with Gasteiger partial charge in [0.1, 0.15) is 13.2 Å². The van der Waals surface area contributed by atoms with Crippen LogP contribution in [0.5, 0.6) is 11.5 Å². The molecule has 2 rings (SSSR count). The summed E-state index contributed by atoms with van der Waals surface area (Å²) in [4.78, 5) is 4.20. The van der Waals surface area contributed by atoms with Gasteiger partial charge in [-0.1, -0.05) is 11.6 Å². The van der Waals surface area contributed by atoms with Gasteiger partial charge < -0.3 is 24.8 Å². The number of methoxy groups -OCH3 is 1. The van der Waals surface area contributed by atoms with Gasteiger partial charge in [-0.25, -0.2) is 0 Å². The molecular formula is C16H24ClN3O3. The van der Waals surface area contributed by atoms with Crippen molar-refractivity contribution in [3.05, 3.63) is 22.7 Å². The van der Waals surface area contributed by atoms with Crippen LogP contribution in [-0.4, -0.2) is 52.5 Å². The lowest BCUT2D eigenvalue weighted by molar-refractivity contribution is 0.171. The smallest absolute Gasteiger partial charge is 0.191 e. The van der Waals surface area contributed by atoms with Crippen molar-refractivity contribution in [1.29, 1.82) is 0 Å². The lowest BCUT2D eigenvalue weighted by Gasteiger charge is -2.20. The van der Waals surface area contributed by atoms with Crippen LogP contribution < -0.4 is 20.1 Å². The molecule has 0 amide bonds. The van der Waals surface area contributed by atoms with E-state index in [1.807, 2.05) is 19.1 Å².